The van der Waals surface area contributed by atoms with Crippen molar-refractivity contribution in [3.05, 3.63) is 64.7 Å². The fraction of sp³-hybridized carbons (Fsp3) is 0.316. The average Bonchev–Trinajstić information content (AvgIpc) is 3.16. The first-order valence-electron chi connectivity index (χ1n) is 8.06. The van der Waals surface area contributed by atoms with E-state index in [4.69, 9.17) is 0 Å². The van der Waals surface area contributed by atoms with Crippen LogP contribution in [0.2, 0.25) is 0 Å². The maximum absolute atomic E-state index is 13.0. The van der Waals surface area contributed by atoms with Crippen LogP contribution in [0.4, 0.5) is 4.39 Å². The van der Waals surface area contributed by atoms with Gasteiger partial charge in [-0.05, 0) is 43.7 Å². The molecule has 0 amide bonds. The number of benzene rings is 1. The number of aromatic nitrogens is 1. The average molecular weight is 328 g/mol. The van der Waals surface area contributed by atoms with Gasteiger partial charge in [0.05, 0.1) is 17.8 Å². The van der Waals surface area contributed by atoms with Crippen LogP contribution < -0.4 is 0 Å². The molecule has 3 rings (SSSR count). The monoisotopic (exact) mass is 328 g/mol. The van der Waals surface area contributed by atoms with Gasteiger partial charge in [-0.2, -0.15) is 0 Å². The third-order valence-electron chi connectivity index (χ3n) is 4.37. The number of rotatable bonds is 4. The van der Waals surface area contributed by atoms with Crippen LogP contribution in [-0.2, 0) is 11.2 Å². The molecule has 1 aliphatic heterocycles. The standard InChI is InChI=1S/C19H21FN2O2/c1-12(2)22-10-16(18(23)11-22)19(24)17-8-7-15(21-17)9-13-3-5-14(20)6-4-13/h3-8,12,21,24H,9-11H2,1-2H3. The number of likely N-dealkylation sites (tertiary alicyclic amines) is 1. The Balaban J connectivity index is 1.78. The highest BCUT2D eigenvalue weighted by Gasteiger charge is 2.30. The summed E-state index contributed by atoms with van der Waals surface area (Å²) in [7, 11) is 0. The van der Waals surface area contributed by atoms with E-state index in [0.29, 0.717) is 30.8 Å². The molecule has 1 aliphatic rings. The number of aromatic amines is 1. The molecule has 0 radical (unpaired) electrons. The van der Waals surface area contributed by atoms with Crippen LogP contribution >= 0.6 is 0 Å². The number of nitrogens with zero attached hydrogens (tertiary/aromatic N) is 1. The summed E-state index contributed by atoms with van der Waals surface area (Å²) in [5.74, 6) is -0.271. The molecule has 4 nitrogen and oxygen atoms in total. The second-order valence-corrected chi connectivity index (χ2v) is 6.45. The van der Waals surface area contributed by atoms with Crippen molar-refractivity contribution in [3.63, 3.8) is 0 Å². The van der Waals surface area contributed by atoms with Crippen molar-refractivity contribution < 1.29 is 14.3 Å². The van der Waals surface area contributed by atoms with Gasteiger partial charge < -0.3 is 10.1 Å². The van der Waals surface area contributed by atoms with Crippen LogP contribution in [0, 0.1) is 5.82 Å². The third-order valence-corrected chi connectivity index (χ3v) is 4.37. The molecular formula is C19H21FN2O2. The van der Waals surface area contributed by atoms with Crippen molar-refractivity contribution in [3.8, 4) is 0 Å². The smallest absolute Gasteiger partial charge is 0.177 e. The summed E-state index contributed by atoms with van der Waals surface area (Å²) in [6.45, 7) is 4.88. The lowest BCUT2D eigenvalue weighted by Crippen LogP contribution is -2.28. The Kier molecular flexibility index (Phi) is 4.53. The topological polar surface area (TPSA) is 56.3 Å². The number of carbonyl (C=O) groups is 1. The molecule has 2 heterocycles. The Morgan fingerprint density at radius 3 is 2.54 bits per heavy atom. The normalized spacial score (nSPS) is 17.8. The fourth-order valence-electron chi connectivity index (χ4n) is 2.87. The summed E-state index contributed by atoms with van der Waals surface area (Å²) in [6.07, 6.45) is 0.606. The van der Waals surface area contributed by atoms with E-state index in [1.165, 1.54) is 12.1 Å². The molecule has 1 saturated heterocycles. The van der Waals surface area contributed by atoms with Crippen molar-refractivity contribution in [2.75, 3.05) is 13.1 Å². The van der Waals surface area contributed by atoms with Gasteiger partial charge in [-0.25, -0.2) is 4.39 Å². The van der Waals surface area contributed by atoms with Crippen LogP contribution in [0.1, 0.15) is 30.8 Å². The van der Waals surface area contributed by atoms with E-state index < -0.39 is 0 Å². The van der Waals surface area contributed by atoms with Crippen LogP contribution in [0.25, 0.3) is 5.76 Å². The Morgan fingerprint density at radius 1 is 1.21 bits per heavy atom. The van der Waals surface area contributed by atoms with E-state index >= 15 is 0 Å². The Bertz CT molecular complexity index is 775. The first-order valence-corrected chi connectivity index (χ1v) is 8.06. The number of halogens is 1. The number of carbonyl (C=O) groups excluding carboxylic acids is 1. The van der Waals surface area contributed by atoms with E-state index in [9.17, 15) is 14.3 Å². The predicted molar refractivity (Wildman–Crippen MR) is 91.3 cm³/mol. The lowest BCUT2D eigenvalue weighted by molar-refractivity contribution is -0.114. The van der Waals surface area contributed by atoms with Crippen molar-refractivity contribution in [2.24, 2.45) is 0 Å². The molecule has 1 fully saturated rings. The van der Waals surface area contributed by atoms with Gasteiger partial charge in [0.25, 0.3) is 0 Å². The third kappa shape index (κ3) is 3.41. The van der Waals surface area contributed by atoms with Crippen LogP contribution in [0.3, 0.4) is 0 Å². The molecule has 0 unspecified atom stereocenters. The summed E-state index contributed by atoms with van der Waals surface area (Å²) in [5.41, 5.74) is 2.87. The van der Waals surface area contributed by atoms with Crippen molar-refractivity contribution in [1.29, 1.82) is 0 Å². The van der Waals surface area contributed by atoms with Gasteiger partial charge >= 0.3 is 0 Å². The number of Topliss-reactive ketones (excluding diaryl/α,β-unsaturated/α-hetero) is 1. The quantitative estimate of drug-likeness (QED) is 0.669. The number of aliphatic hydroxyl groups excluding tert-OH is 1. The van der Waals surface area contributed by atoms with Crippen LogP contribution in [-0.4, -0.2) is 39.9 Å². The molecule has 0 saturated carbocycles. The fourth-order valence-corrected chi connectivity index (χ4v) is 2.87. The summed E-state index contributed by atoms with van der Waals surface area (Å²) in [5, 5.41) is 10.5. The molecular weight excluding hydrogens is 307 g/mol. The summed E-state index contributed by atoms with van der Waals surface area (Å²) in [6, 6.07) is 10.2. The van der Waals surface area contributed by atoms with Gasteiger partial charge in [-0.15, -0.1) is 0 Å². The second kappa shape index (κ2) is 6.61. The van der Waals surface area contributed by atoms with Crippen molar-refractivity contribution in [2.45, 2.75) is 26.3 Å². The maximum atomic E-state index is 13.0. The number of nitrogens with one attached hydrogen (secondary N) is 1. The van der Waals surface area contributed by atoms with Crippen molar-refractivity contribution >= 4 is 11.5 Å². The summed E-state index contributed by atoms with van der Waals surface area (Å²) >= 11 is 0. The molecule has 126 valence electrons. The Morgan fingerprint density at radius 2 is 1.92 bits per heavy atom. The maximum Gasteiger partial charge on any atom is 0.177 e. The minimum Gasteiger partial charge on any atom is -0.505 e. The zero-order valence-corrected chi connectivity index (χ0v) is 13.8. The summed E-state index contributed by atoms with van der Waals surface area (Å²) < 4.78 is 13.0. The Labute approximate surface area is 140 Å². The molecule has 1 aromatic carbocycles. The van der Waals surface area contributed by atoms with Gasteiger partial charge in [0.1, 0.15) is 11.6 Å². The molecule has 1 aromatic heterocycles. The highest BCUT2D eigenvalue weighted by atomic mass is 19.1. The van der Waals surface area contributed by atoms with Gasteiger partial charge in [0.15, 0.2) is 5.78 Å². The molecule has 5 heteroatoms. The molecule has 0 aliphatic carbocycles. The van der Waals surface area contributed by atoms with E-state index in [1.54, 1.807) is 18.2 Å². The van der Waals surface area contributed by atoms with Gasteiger partial charge in [-0.1, -0.05) is 12.1 Å². The molecule has 0 atom stereocenters. The van der Waals surface area contributed by atoms with Crippen LogP contribution in [0.15, 0.2) is 42.0 Å². The zero-order chi connectivity index (χ0) is 17.3. The lowest BCUT2D eigenvalue weighted by atomic mass is 10.1. The minimum absolute atomic E-state index is 0.0218. The number of hydrogen-bond donors (Lipinski definition) is 2. The highest BCUT2D eigenvalue weighted by Crippen LogP contribution is 2.23. The molecule has 2 N–H and O–H groups in total. The largest absolute Gasteiger partial charge is 0.505 e. The van der Waals surface area contributed by atoms with E-state index in [1.807, 2.05) is 24.8 Å². The number of aliphatic hydroxyl groups is 1. The predicted octanol–water partition coefficient (Wildman–Crippen LogP) is 3.31. The molecule has 0 spiro atoms. The number of hydrogen-bond acceptors (Lipinski definition) is 3. The zero-order valence-electron chi connectivity index (χ0n) is 13.8. The summed E-state index contributed by atoms with van der Waals surface area (Å²) in [4.78, 5) is 17.3. The SMILES string of the molecule is CC(C)N1CC(=O)C(=C(O)c2ccc(Cc3ccc(F)cc3)[nH]2)C1. The number of H-pyrrole nitrogens is 1. The van der Waals surface area contributed by atoms with E-state index in [2.05, 4.69) is 4.98 Å². The second-order valence-electron chi connectivity index (χ2n) is 6.45. The lowest BCUT2D eigenvalue weighted by Gasteiger charge is -2.17. The van der Waals surface area contributed by atoms with Gasteiger partial charge in [0, 0.05) is 24.7 Å². The van der Waals surface area contributed by atoms with Gasteiger partial charge in [0.2, 0.25) is 0 Å². The Hall–Kier alpha value is -2.40. The first-order chi connectivity index (χ1) is 11.4. The number of ketones is 1. The van der Waals surface area contributed by atoms with Crippen LogP contribution in [0.5, 0.6) is 0 Å². The molecule has 0 bridgehead atoms. The van der Waals surface area contributed by atoms with E-state index in [0.717, 1.165) is 11.3 Å². The molecule has 24 heavy (non-hydrogen) atoms. The first kappa shape index (κ1) is 16.5. The molecule has 2 aromatic rings. The van der Waals surface area contributed by atoms with E-state index in [-0.39, 0.29) is 23.4 Å². The minimum atomic E-state index is -0.261. The highest BCUT2D eigenvalue weighted by molar-refractivity contribution is 6.04. The van der Waals surface area contributed by atoms with Crippen molar-refractivity contribution in [1.82, 2.24) is 9.88 Å². The van der Waals surface area contributed by atoms with Gasteiger partial charge in [-0.3, -0.25) is 9.69 Å².